The van der Waals surface area contributed by atoms with Gasteiger partial charge in [-0.3, -0.25) is 4.98 Å². The average Bonchev–Trinajstić information content (AvgIpc) is 2.47. The minimum absolute atomic E-state index is 0. The predicted molar refractivity (Wildman–Crippen MR) is 55.6 cm³/mol. The summed E-state index contributed by atoms with van der Waals surface area (Å²) < 4.78 is 0. The number of hydrogen-bond acceptors (Lipinski definition) is 2. The molecule has 0 atom stereocenters. The highest BCUT2D eigenvalue weighted by atomic mass is 15.1. The van der Waals surface area contributed by atoms with Crippen molar-refractivity contribution in [2.45, 2.75) is 12.8 Å². The van der Waals surface area contributed by atoms with Gasteiger partial charge < -0.3 is 4.90 Å². The standard InChI is InChI=1S/C11H12N2.H2/c1-2-4-10-13(9-3-1)11-5-7-12-8-6-11;/h5-8H,3-4,9-10H2;1H. The molecule has 0 saturated heterocycles. The molecule has 68 valence electrons. The van der Waals surface area contributed by atoms with Crippen molar-refractivity contribution < 1.29 is 1.43 Å². The van der Waals surface area contributed by atoms with Crippen LogP contribution in [0.15, 0.2) is 24.5 Å². The van der Waals surface area contributed by atoms with Crippen LogP contribution in [-0.4, -0.2) is 18.1 Å². The third-order valence-corrected chi connectivity index (χ3v) is 2.17. The summed E-state index contributed by atoms with van der Waals surface area (Å²) in [5, 5.41) is 0. The van der Waals surface area contributed by atoms with E-state index in [4.69, 9.17) is 0 Å². The van der Waals surface area contributed by atoms with Crippen LogP contribution >= 0.6 is 0 Å². The highest BCUT2D eigenvalue weighted by Gasteiger charge is 2.05. The van der Waals surface area contributed by atoms with Gasteiger partial charge in [-0.05, 0) is 12.1 Å². The van der Waals surface area contributed by atoms with E-state index in [0.717, 1.165) is 25.9 Å². The van der Waals surface area contributed by atoms with E-state index in [1.807, 2.05) is 24.5 Å². The quantitative estimate of drug-likeness (QED) is 0.605. The van der Waals surface area contributed by atoms with Gasteiger partial charge in [-0.25, -0.2) is 0 Å². The fraction of sp³-hybridized carbons (Fsp3) is 0.364. The van der Waals surface area contributed by atoms with Crippen LogP contribution in [-0.2, 0) is 0 Å². The number of hydrogen-bond donors (Lipinski definition) is 0. The van der Waals surface area contributed by atoms with Crippen LogP contribution in [0.4, 0.5) is 5.69 Å². The number of pyridine rings is 1. The Balaban J connectivity index is 0.000000980. The van der Waals surface area contributed by atoms with Crippen LogP contribution in [0.25, 0.3) is 0 Å². The van der Waals surface area contributed by atoms with Gasteiger partial charge in [0, 0.05) is 45.4 Å². The first kappa shape index (κ1) is 8.12. The molecule has 1 aliphatic heterocycles. The molecule has 1 aromatic rings. The molecule has 0 amide bonds. The topological polar surface area (TPSA) is 16.1 Å². The molecule has 0 fully saturated rings. The largest absolute Gasteiger partial charge is 0.370 e. The predicted octanol–water partition coefficient (Wildman–Crippen LogP) is 1.93. The van der Waals surface area contributed by atoms with Gasteiger partial charge in [-0.1, -0.05) is 0 Å². The van der Waals surface area contributed by atoms with Gasteiger partial charge in [0.1, 0.15) is 0 Å². The van der Waals surface area contributed by atoms with E-state index >= 15 is 0 Å². The lowest BCUT2D eigenvalue weighted by Crippen LogP contribution is -2.24. The zero-order chi connectivity index (χ0) is 8.93. The van der Waals surface area contributed by atoms with Crippen LogP contribution in [0.5, 0.6) is 0 Å². The van der Waals surface area contributed by atoms with Crippen molar-refractivity contribution in [3.05, 3.63) is 24.5 Å². The Labute approximate surface area is 80.1 Å². The third-order valence-electron chi connectivity index (χ3n) is 2.17. The molecule has 2 heterocycles. The molecule has 0 aliphatic carbocycles. The van der Waals surface area contributed by atoms with E-state index in [2.05, 4.69) is 21.7 Å². The molecule has 0 radical (unpaired) electrons. The number of anilines is 1. The summed E-state index contributed by atoms with van der Waals surface area (Å²) in [7, 11) is 0. The molecule has 13 heavy (non-hydrogen) atoms. The minimum atomic E-state index is 0. The second-order valence-corrected chi connectivity index (χ2v) is 3.05. The molecule has 2 rings (SSSR count). The molecule has 0 bridgehead atoms. The lowest BCUT2D eigenvalue weighted by molar-refractivity contribution is 0.815. The van der Waals surface area contributed by atoms with E-state index in [9.17, 15) is 0 Å². The van der Waals surface area contributed by atoms with Crippen LogP contribution in [0.3, 0.4) is 0 Å². The second-order valence-electron chi connectivity index (χ2n) is 3.05. The van der Waals surface area contributed by atoms with Crippen LogP contribution in [0.2, 0.25) is 0 Å². The normalized spacial score (nSPS) is 15.8. The first-order valence-electron chi connectivity index (χ1n) is 4.57. The molecule has 1 aliphatic rings. The van der Waals surface area contributed by atoms with E-state index in [1.54, 1.807) is 0 Å². The van der Waals surface area contributed by atoms with Gasteiger partial charge in [0.2, 0.25) is 0 Å². The average molecular weight is 174 g/mol. The second kappa shape index (κ2) is 3.95. The highest BCUT2D eigenvalue weighted by Crippen LogP contribution is 2.13. The molecule has 0 saturated carbocycles. The van der Waals surface area contributed by atoms with Crippen molar-refractivity contribution in [3.8, 4) is 11.8 Å². The maximum atomic E-state index is 4.01. The maximum absolute atomic E-state index is 4.01. The van der Waals surface area contributed by atoms with Crippen molar-refractivity contribution in [2.24, 2.45) is 0 Å². The van der Waals surface area contributed by atoms with Crippen molar-refractivity contribution >= 4 is 5.69 Å². The number of aromatic nitrogens is 1. The fourth-order valence-electron chi connectivity index (χ4n) is 1.48. The summed E-state index contributed by atoms with van der Waals surface area (Å²) >= 11 is 0. The summed E-state index contributed by atoms with van der Waals surface area (Å²) in [5.41, 5.74) is 1.25. The van der Waals surface area contributed by atoms with E-state index in [-0.39, 0.29) is 1.43 Å². The van der Waals surface area contributed by atoms with Gasteiger partial charge in [-0.15, -0.1) is 11.8 Å². The minimum Gasteiger partial charge on any atom is -0.370 e. The summed E-state index contributed by atoms with van der Waals surface area (Å²) in [6.45, 7) is 2.08. The molecule has 0 unspecified atom stereocenters. The smallest absolute Gasteiger partial charge is 0.0397 e. The van der Waals surface area contributed by atoms with E-state index in [1.165, 1.54) is 5.69 Å². The Morgan fingerprint density at radius 3 is 2.38 bits per heavy atom. The first-order valence-corrected chi connectivity index (χ1v) is 4.57. The van der Waals surface area contributed by atoms with Crippen LogP contribution < -0.4 is 4.90 Å². The summed E-state index contributed by atoms with van der Waals surface area (Å²) in [5.74, 6) is 6.28. The molecule has 2 nitrogen and oxygen atoms in total. The highest BCUT2D eigenvalue weighted by molar-refractivity contribution is 5.45. The molecular weight excluding hydrogens is 160 g/mol. The third kappa shape index (κ3) is 2.00. The summed E-state index contributed by atoms with van der Waals surface area (Å²) in [6.07, 6.45) is 5.62. The maximum Gasteiger partial charge on any atom is 0.0397 e. The molecule has 1 aromatic heterocycles. The van der Waals surface area contributed by atoms with E-state index in [0.29, 0.717) is 0 Å². The molecule has 0 spiro atoms. The lowest BCUT2D eigenvalue weighted by atomic mass is 10.3. The zero-order valence-corrected chi connectivity index (χ0v) is 7.53. The van der Waals surface area contributed by atoms with Crippen LogP contribution in [0.1, 0.15) is 14.3 Å². The summed E-state index contributed by atoms with van der Waals surface area (Å²) in [6, 6.07) is 4.09. The van der Waals surface area contributed by atoms with E-state index < -0.39 is 0 Å². The molecular formula is C11H14N2. The Morgan fingerprint density at radius 2 is 1.77 bits per heavy atom. The van der Waals surface area contributed by atoms with Gasteiger partial charge >= 0.3 is 0 Å². The molecule has 0 aromatic carbocycles. The Kier molecular flexibility index (Phi) is 2.47. The van der Waals surface area contributed by atoms with Gasteiger partial charge in [-0.2, -0.15) is 0 Å². The fourth-order valence-corrected chi connectivity index (χ4v) is 1.48. The Morgan fingerprint density at radius 1 is 1.15 bits per heavy atom. The van der Waals surface area contributed by atoms with Crippen molar-refractivity contribution in [3.63, 3.8) is 0 Å². The van der Waals surface area contributed by atoms with Crippen molar-refractivity contribution in [1.29, 1.82) is 0 Å². The Hall–Kier alpha value is -1.49. The van der Waals surface area contributed by atoms with Crippen LogP contribution in [0, 0.1) is 11.8 Å². The SMILES string of the molecule is C1#CCCN(c2ccncc2)CC1.[HH]. The first-order chi connectivity index (χ1) is 6.47. The Bertz CT molecular complexity index is 314. The molecule has 2 heteroatoms. The van der Waals surface area contributed by atoms with Crippen molar-refractivity contribution in [2.75, 3.05) is 18.0 Å². The lowest BCUT2D eigenvalue weighted by Gasteiger charge is -2.21. The number of rotatable bonds is 1. The zero-order valence-electron chi connectivity index (χ0n) is 7.53. The van der Waals surface area contributed by atoms with Crippen molar-refractivity contribution in [1.82, 2.24) is 4.98 Å². The number of nitrogens with zero attached hydrogens (tertiary/aromatic N) is 2. The van der Waals surface area contributed by atoms with Gasteiger partial charge in [0.05, 0.1) is 0 Å². The monoisotopic (exact) mass is 174 g/mol. The summed E-state index contributed by atoms with van der Waals surface area (Å²) in [4.78, 5) is 6.35. The van der Waals surface area contributed by atoms with Gasteiger partial charge in [0.15, 0.2) is 0 Å². The van der Waals surface area contributed by atoms with Gasteiger partial charge in [0.25, 0.3) is 0 Å². The molecule has 0 N–H and O–H groups in total.